The summed E-state index contributed by atoms with van der Waals surface area (Å²) in [6.07, 6.45) is 0.651. The first-order valence-corrected chi connectivity index (χ1v) is 6.93. The molecule has 23 heavy (non-hydrogen) atoms. The third-order valence-electron chi connectivity index (χ3n) is 3.52. The number of hydrogen-bond acceptors (Lipinski definition) is 5. The zero-order chi connectivity index (χ0) is 16.4. The van der Waals surface area contributed by atoms with Crippen molar-refractivity contribution < 1.29 is 14.4 Å². The van der Waals surface area contributed by atoms with Crippen LogP contribution in [-0.4, -0.2) is 34.0 Å². The van der Waals surface area contributed by atoms with E-state index in [0.29, 0.717) is 17.2 Å². The summed E-state index contributed by atoms with van der Waals surface area (Å²) in [6, 6.07) is 5.84. The lowest BCUT2D eigenvalue weighted by atomic mass is 10.1. The molecule has 1 aromatic carbocycles. The van der Waals surface area contributed by atoms with Crippen LogP contribution in [0.3, 0.4) is 0 Å². The number of benzene rings is 1. The van der Waals surface area contributed by atoms with Gasteiger partial charge in [0.25, 0.3) is 17.4 Å². The minimum absolute atomic E-state index is 0.0176. The van der Waals surface area contributed by atoms with Crippen LogP contribution in [0.15, 0.2) is 29.1 Å². The molecule has 118 valence electrons. The first kappa shape index (κ1) is 14.7. The summed E-state index contributed by atoms with van der Waals surface area (Å²) < 4.78 is 0. The maximum Gasteiger partial charge on any atom is 0.290 e. The smallest absolute Gasteiger partial charge is 0.290 e. The van der Waals surface area contributed by atoms with Gasteiger partial charge in [0.05, 0.1) is 5.39 Å². The van der Waals surface area contributed by atoms with Crippen LogP contribution in [-0.2, 0) is 9.59 Å². The van der Waals surface area contributed by atoms with Crippen LogP contribution in [0.4, 0.5) is 0 Å². The number of nitrogens with one attached hydrogen (secondary N) is 4. The summed E-state index contributed by atoms with van der Waals surface area (Å²) in [6.45, 7) is 0. The van der Waals surface area contributed by atoms with Gasteiger partial charge in [0.15, 0.2) is 5.69 Å². The standard InChI is InChI=1S/C14H13N5O4/c20-10-6-5-9(15-10)13(22)18-19-14(23)11-7-3-1-2-4-8(7)12(21)17-16-11/h1-4,9H,5-6H2,(H,15,20)(H,17,21)(H,18,22)(H,19,23)/t9-/m1/s1. The highest BCUT2D eigenvalue weighted by molar-refractivity contribution is 6.05. The average molecular weight is 315 g/mol. The molecule has 0 saturated carbocycles. The van der Waals surface area contributed by atoms with E-state index in [-0.39, 0.29) is 18.0 Å². The number of hydrazine groups is 1. The zero-order valence-electron chi connectivity index (χ0n) is 11.9. The van der Waals surface area contributed by atoms with E-state index in [1.165, 1.54) is 0 Å². The van der Waals surface area contributed by atoms with E-state index < -0.39 is 23.4 Å². The predicted molar refractivity (Wildman–Crippen MR) is 79.1 cm³/mol. The van der Waals surface area contributed by atoms with E-state index in [1.54, 1.807) is 24.3 Å². The summed E-state index contributed by atoms with van der Waals surface area (Å²) in [4.78, 5) is 46.7. The molecule has 1 aliphatic heterocycles. The lowest BCUT2D eigenvalue weighted by Crippen LogP contribution is -2.49. The normalized spacial score (nSPS) is 16.9. The second-order valence-electron chi connectivity index (χ2n) is 5.05. The molecule has 1 atom stereocenters. The van der Waals surface area contributed by atoms with Crippen molar-refractivity contribution in [1.82, 2.24) is 26.4 Å². The van der Waals surface area contributed by atoms with E-state index in [0.717, 1.165) is 0 Å². The lowest BCUT2D eigenvalue weighted by molar-refractivity contribution is -0.126. The maximum atomic E-state index is 12.2. The molecule has 0 radical (unpaired) electrons. The average Bonchev–Trinajstić information content (AvgIpc) is 2.99. The topological polar surface area (TPSA) is 133 Å². The molecule has 1 saturated heterocycles. The van der Waals surface area contributed by atoms with E-state index in [2.05, 4.69) is 26.4 Å². The third kappa shape index (κ3) is 2.89. The van der Waals surface area contributed by atoms with Crippen molar-refractivity contribution in [1.29, 1.82) is 0 Å². The van der Waals surface area contributed by atoms with Crippen LogP contribution in [0.25, 0.3) is 10.8 Å². The van der Waals surface area contributed by atoms with Gasteiger partial charge in [0.1, 0.15) is 6.04 Å². The molecule has 1 aliphatic rings. The Labute approximate surface area is 129 Å². The van der Waals surface area contributed by atoms with E-state index in [4.69, 9.17) is 0 Å². The first-order chi connectivity index (χ1) is 11.1. The minimum Gasteiger partial charge on any atom is -0.344 e. The molecule has 3 rings (SSSR count). The lowest BCUT2D eigenvalue weighted by Gasteiger charge is -2.12. The van der Waals surface area contributed by atoms with Crippen LogP contribution in [0.2, 0.25) is 0 Å². The van der Waals surface area contributed by atoms with Crippen molar-refractivity contribution in [3.05, 3.63) is 40.3 Å². The molecular weight excluding hydrogens is 302 g/mol. The van der Waals surface area contributed by atoms with Gasteiger partial charge in [-0.2, -0.15) is 5.10 Å². The maximum absolute atomic E-state index is 12.2. The monoisotopic (exact) mass is 315 g/mol. The second kappa shape index (κ2) is 5.87. The number of aromatic nitrogens is 2. The molecule has 4 N–H and O–H groups in total. The number of nitrogens with zero attached hydrogens (tertiary/aromatic N) is 1. The molecule has 9 nitrogen and oxygen atoms in total. The Bertz CT molecular complexity index is 860. The van der Waals surface area contributed by atoms with Gasteiger partial charge in [0.2, 0.25) is 5.91 Å². The molecule has 0 aliphatic carbocycles. The highest BCUT2D eigenvalue weighted by atomic mass is 16.2. The third-order valence-corrected chi connectivity index (χ3v) is 3.52. The van der Waals surface area contributed by atoms with Crippen molar-refractivity contribution in [3.63, 3.8) is 0 Å². The van der Waals surface area contributed by atoms with Crippen molar-refractivity contribution in [2.75, 3.05) is 0 Å². The molecular formula is C14H13N5O4. The van der Waals surface area contributed by atoms with Gasteiger partial charge in [-0.25, -0.2) is 5.10 Å². The van der Waals surface area contributed by atoms with Gasteiger partial charge in [0, 0.05) is 11.8 Å². The Balaban J connectivity index is 1.74. The largest absolute Gasteiger partial charge is 0.344 e. The fourth-order valence-corrected chi connectivity index (χ4v) is 2.36. The number of fused-ring (bicyclic) bond motifs is 1. The highest BCUT2D eigenvalue weighted by Crippen LogP contribution is 2.12. The molecule has 0 spiro atoms. The fraction of sp³-hybridized carbons (Fsp3) is 0.214. The molecule has 0 unspecified atom stereocenters. The van der Waals surface area contributed by atoms with Crippen molar-refractivity contribution in [2.45, 2.75) is 18.9 Å². The molecule has 1 aromatic heterocycles. The Morgan fingerprint density at radius 1 is 1.13 bits per heavy atom. The quantitative estimate of drug-likeness (QED) is 0.526. The number of carbonyl (C=O) groups is 3. The number of H-pyrrole nitrogens is 1. The summed E-state index contributed by atoms with van der Waals surface area (Å²) >= 11 is 0. The Morgan fingerprint density at radius 2 is 1.87 bits per heavy atom. The van der Waals surface area contributed by atoms with Crippen LogP contribution >= 0.6 is 0 Å². The van der Waals surface area contributed by atoms with Crippen LogP contribution in [0.1, 0.15) is 23.3 Å². The van der Waals surface area contributed by atoms with Gasteiger partial charge in [-0.1, -0.05) is 18.2 Å². The molecule has 3 amide bonds. The summed E-state index contributed by atoms with van der Waals surface area (Å²) in [5.74, 6) is -1.39. The van der Waals surface area contributed by atoms with Crippen molar-refractivity contribution in [2.24, 2.45) is 0 Å². The predicted octanol–water partition coefficient (Wildman–Crippen LogP) is -1.04. The van der Waals surface area contributed by atoms with E-state index in [1.807, 2.05) is 0 Å². The molecule has 2 aromatic rings. The first-order valence-electron chi connectivity index (χ1n) is 6.93. The van der Waals surface area contributed by atoms with Gasteiger partial charge in [-0.3, -0.25) is 30.0 Å². The van der Waals surface area contributed by atoms with Gasteiger partial charge in [-0.05, 0) is 12.5 Å². The van der Waals surface area contributed by atoms with Crippen LogP contribution in [0.5, 0.6) is 0 Å². The number of amides is 3. The van der Waals surface area contributed by atoms with E-state index >= 15 is 0 Å². The molecule has 0 bridgehead atoms. The summed E-state index contributed by atoms with van der Waals surface area (Å²) in [5, 5.41) is 9.14. The van der Waals surface area contributed by atoms with Crippen LogP contribution in [0, 0.1) is 0 Å². The van der Waals surface area contributed by atoms with Gasteiger partial charge >= 0.3 is 0 Å². The van der Waals surface area contributed by atoms with Crippen LogP contribution < -0.4 is 21.7 Å². The second-order valence-corrected chi connectivity index (χ2v) is 5.05. The van der Waals surface area contributed by atoms with Gasteiger partial charge < -0.3 is 5.32 Å². The van der Waals surface area contributed by atoms with Gasteiger partial charge in [-0.15, -0.1) is 0 Å². The van der Waals surface area contributed by atoms with E-state index in [9.17, 15) is 19.2 Å². The number of rotatable bonds is 2. The Morgan fingerprint density at radius 3 is 2.57 bits per heavy atom. The summed E-state index contributed by atoms with van der Waals surface area (Å²) in [5.41, 5.74) is 4.04. The summed E-state index contributed by atoms with van der Waals surface area (Å²) in [7, 11) is 0. The molecule has 1 fully saturated rings. The molecule has 9 heteroatoms. The fourth-order valence-electron chi connectivity index (χ4n) is 2.36. The number of hydrogen-bond donors (Lipinski definition) is 4. The Kier molecular flexibility index (Phi) is 3.75. The number of aromatic amines is 1. The highest BCUT2D eigenvalue weighted by Gasteiger charge is 2.27. The SMILES string of the molecule is O=C1CC[C@H](C(=O)NNC(=O)c2n[nH]c(=O)c3ccccc23)N1. The zero-order valence-corrected chi connectivity index (χ0v) is 11.9. The molecule has 2 heterocycles. The number of carbonyl (C=O) groups excluding carboxylic acids is 3. The van der Waals surface area contributed by atoms with Crippen molar-refractivity contribution in [3.8, 4) is 0 Å². The van der Waals surface area contributed by atoms with Crippen molar-refractivity contribution >= 4 is 28.5 Å². The minimum atomic E-state index is -0.671. The Hall–Kier alpha value is -3.23.